The Morgan fingerprint density at radius 2 is 2.10 bits per heavy atom. The molecule has 3 rings (SSSR count). The molecule has 1 fully saturated rings. The minimum atomic E-state index is -0.0161. The van der Waals surface area contributed by atoms with Crippen LogP contribution >= 0.6 is 0 Å². The van der Waals surface area contributed by atoms with E-state index in [0.717, 1.165) is 29.0 Å². The SMILES string of the molecule is CCC(C1CCCCC1)n1c(CO)nc2cc(N)ccc21. The zero-order chi connectivity index (χ0) is 14.8. The second-order valence-electron chi connectivity index (χ2n) is 6.18. The standard InChI is InChI=1S/C17H25N3O/c1-2-15(12-6-4-3-5-7-12)20-16-9-8-13(18)10-14(16)19-17(20)11-21/h8-10,12,15,21H,2-7,11,18H2,1H3. The van der Waals surface area contributed by atoms with Crippen LogP contribution in [0.3, 0.4) is 0 Å². The summed E-state index contributed by atoms with van der Waals surface area (Å²) in [5, 5.41) is 9.72. The van der Waals surface area contributed by atoms with Crippen LogP contribution in [0.5, 0.6) is 0 Å². The lowest BCUT2D eigenvalue weighted by atomic mass is 9.82. The minimum Gasteiger partial charge on any atom is -0.399 e. The molecule has 0 aliphatic heterocycles. The molecule has 4 heteroatoms. The highest BCUT2D eigenvalue weighted by molar-refractivity contribution is 5.79. The summed E-state index contributed by atoms with van der Waals surface area (Å²) in [5.74, 6) is 1.47. The molecular formula is C17H25N3O. The monoisotopic (exact) mass is 287 g/mol. The molecule has 0 radical (unpaired) electrons. The number of nitrogens with zero attached hydrogens (tertiary/aromatic N) is 2. The van der Waals surface area contributed by atoms with Gasteiger partial charge in [0.25, 0.3) is 0 Å². The normalized spacial score (nSPS) is 18.2. The summed E-state index contributed by atoms with van der Waals surface area (Å²) in [6.45, 7) is 2.22. The molecule has 0 saturated heterocycles. The van der Waals surface area contributed by atoms with E-state index in [-0.39, 0.29) is 6.61 Å². The van der Waals surface area contributed by atoms with Gasteiger partial charge in [0.05, 0.1) is 11.0 Å². The molecule has 1 unspecified atom stereocenters. The molecule has 0 amide bonds. The van der Waals surface area contributed by atoms with Gasteiger partial charge in [-0.1, -0.05) is 26.2 Å². The lowest BCUT2D eigenvalue weighted by Crippen LogP contribution is -2.23. The summed E-state index contributed by atoms with van der Waals surface area (Å²) >= 11 is 0. The lowest BCUT2D eigenvalue weighted by Gasteiger charge is -2.32. The fraction of sp³-hybridized carbons (Fsp3) is 0.588. The van der Waals surface area contributed by atoms with E-state index in [2.05, 4.69) is 16.5 Å². The summed E-state index contributed by atoms with van der Waals surface area (Å²) in [6.07, 6.45) is 7.68. The van der Waals surface area contributed by atoms with Gasteiger partial charge in [0.15, 0.2) is 0 Å². The molecule has 1 aliphatic carbocycles. The smallest absolute Gasteiger partial charge is 0.135 e. The number of hydrogen-bond donors (Lipinski definition) is 2. The Bertz CT molecular complexity index is 614. The third-order valence-electron chi connectivity index (χ3n) is 4.87. The fourth-order valence-electron chi connectivity index (χ4n) is 3.89. The van der Waals surface area contributed by atoms with E-state index in [1.54, 1.807) is 0 Å². The van der Waals surface area contributed by atoms with Crippen molar-refractivity contribution in [2.24, 2.45) is 5.92 Å². The molecule has 1 saturated carbocycles. The topological polar surface area (TPSA) is 64.1 Å². The zero-order valence-corrected chi connectivity index (χ0v) is 12.8. The van der Waals surface area contributed by atoms with Crippen LogP contribution in [0.1, 0.15) is 57.3 Å². The zero-order valence-electron chi connectivity index (χ0n) is 12.8. The van der Waals surface area contributed by atoms with E-state index < -0.39 is 0 Å². The van der Waals surface area contributed by atoms with Gasteiger partial charge in [-0.15, -0.1) is 0 Å². The number of fused-ring (bicyclic) bond motifs is 1. The predicted molar refractivity (Wildman–Crippen MR) is 86.0 cm³/mol. The first-order valence-corrected chi connectivity index (χ1v) is 8.11. The van der Waals surface area contributed by atoms with Crippen molar-refractivity contribution in [1.29, 1.82) is 0 Å². The summed E-state index contributed by atoms with van der Waals surface area (Å²) in [5.41, 5.74) is 8.59. The van der Waals surface area contributed by atoms with E-state index in [9.17, 15) is 5.11 Å². The third kappa shape index (κ3) is 2.64. The number of benzene rings is 1. The van der Waals surface area contributed by atoms with Crippen LogP contribution in [0.25, 0.3) is 11.0 Å². The highest BCUT2D eigenvalue weighted by Gasteiger charge is 2.26. The molecule has 21 heavy (non-hydrogen) atoms. The Hall–Kier alpha value is -1.55. The van der Waals surface area contributed by atoms with Crippen molar-refractivity contribution in [3.05, 3.63) is 24.0 Å². The van der Waals surface area contributed by atoms with Crippen molar-refractivity contribution in [3.63, 3.8) is 0 Å². The molecule has 0 spiro atoms. The summed E-state index contributed by atoms with van der Waals surface area (Å²) in [4.78, 5) is 4.59. The molecule has 1 heterocycles. The maximum atomic E-state index is 9.72. The molecule has 1 atom stereocenters. The van der Waals surface area contributed by atoms with Gasteiger partial charge in [0, 0.05) is 11.7 Å². The largest absolute Gasteiger partial charge is 0.399 e. The van der Waals surface area contributed by atoms with Crippen molar-refractivity contribution in [3.8, 4) is 0 Å². The Morgan fingerprint density at radius 3 is 2.76 bits per heavy atom. The maximum Gasteiger partial charge on any atom is 0.135 e. The molecule has 114 valence electrons. The van der Waals surface area contributed by atoms with Crippen LogP contribution < -0.4 is 5.73 Å². The maximum absolute atomic E-state index is 9.72. The van der Waals surface area contributed by atoms with Crippen molar-refractivity contribution >= 4 is 16.7 Å². The third-order valence-corrected chi connectivity index (χ3v) is 4.87. The predicted octanol–water partition coefficient (Wildman–Crippen LogP) is 3.64. The number of imidazole rings is 1. The molecular weight excluding hydrogens is 262 g/mol. The lowest BCUT2D eigenvalue weighted by molar-refractivity contribution is 0.220. The average molecular weight is 287 g/mol. The highest BCUT2D eigenvalue weighted by Crippen LogP contribution is 2.37. The summed E-state index contributed by atoms with van der Waals surface area (Å²) in [7, 11) is 0. The molecule has 1 aromatic heterocycles. The Balaban J connectivity index is 2.07. The number of nitrogens with two attached hydrogens (primary N) is 1. The Labute approximate surface area is 126 Å². The van der Waals surface area contributed by atoms with Gasteiger partial charge in [-0.3, -0.25) is 0 Å². The first-order chi connectivity index (χ1) is 10.2. The molecule has 4 nitrogen and oxygen atoms in total. The fourth-order valence-corrected chi connectivity index (χ4v) is 3.89. The van der Waals surface area contributed by atoms with Crippen LogP contribution in [0.2, 0.25) is 0 Å². The summed E-state index contributed by atoms with van der Waals surface area (Å²) in [6, 6.07) is 6.30. The van der Waals surface area contributed by atoms with Gasteiger partial charge in [-0.2, -0.15) is 0 Å². The van der Waals surface area contributed by atoms with Crippen molar-refractivity contribution < 1.29 is 5.11 Å². The second kappa shape index (κ2) is 6.06. The quantitative estimate of drug-likeness (QED) is 0.844. The van der Waals surface area contributed by atoms with E-state index in [0.29, 0.717) is 12.0 Å². The molecule has 3 N–H and O–H groups in total. The van der Waals surface area contributed by atoms with E-state index in [4.69, 9.17) is 5.73 Å². The van der Waals surface area contributed by atoms with E-state index in [1.165, 1.54) is 32.1 Å². The van der Waals surface area contributed by atoms with Gasteiger partial charge >= 0.3 is 0 Å². The number of aromatic nitrogens is 2. The number of aliphatic hydroxyl groups excluding tert-OH is 1. The number of nitrogen functional groups attached to an aromatic ring is 1. The van der Waals surface area contributed by atoms with Crippen molar-refractivity contribution in [1.82, 2.24) is 9.55 Å². The van der Waals surface area contributed by atoms with Gasteiger partial charge in [-0.05, 0) is 43.4 Å². The van der Waals surface area contributed by atoms with E-state index in [1.807, 2.05) is 18.2 Å². The number of hydrogen-bond acceptors (Lipinski definition) is 3. The number of anilines is 1. The molecule has 0 bridgehead atoms. The van der Waals surface area contributed by atoms with Crippen molar-refractivity contribution in [2.75, 3.05) is 5.73 Å². The average Bonchev–Trinajstić information content (AvgIpc) is 2.87. The Kier molecular flexibility index (Phi) is 4.15. The van der Waals surface area contributed by atoms with Gasteiger partial charge in [-0.25, -0.2) is 4.98 Å². The van der Waals surface area contributed by atoms with Crippen LogP contribution in [0.15, 0.2) is 18.2 Å². The van der Waals surface area contributed by atoms with Crippen molar-refractivity contribution in [2.45, 2.75) is 58.1 Å². The minimum absolute atomic E-state index is 0.0161. The number of rotatable bonds is 4. The van der Waals surface area contributed by atoms with Crippen LogP contribution in [-0.2, 0) is 6.61 Å². The molecule has 1 aromatic carbocycles. The highest BCUT2D eigenvalue weighted by atomic mass is 16.3. The Morgan fingerprint density at radius 1 is 1.33 bits per heavy atom. The van der Waals surface area contributed by atoms with Crippen LogP contribution in [-0.4, -0.2) is 14.7 Å². The first-order valence-electron chi connectivity index (χ1n) is 8.11. The van der Waals surface area contributed by atoms with Gasteiger partial charge < -0.3 is 15.4 Å². The van der Waals surface area contributed by atoms with Crippen LogP contribution in [0.4, 0.5) is 5.69 Å². The van der Waals surface area contributed by atoms with Gasteiger partial charge in [0.1, 0.15) is 12.4 Å². The number of aliphatic hydroxyl groups is 1. The molecule has 1 aliphatic rings. The second-order valence-corrected chi connectivity index (χ2v) is 6.18. The summed E-state index contributed by atoms with van der Waals surface area (Å²) < 4.78 is 2.27. The van der Waals surface area contributed by atoms with Crippen LogP contribution in [0, 0.1) is 5.92 Å². The molecule has 2 aromatic rings. The first kappa shape index (κ1) is 14.4. The van der Waals surface area contributed by atoms with Gasteiger partial charge in [0.2, 0.25) is 0 Å². The van der Waals surface area contributed by atoms with E-state index >= 15 is 0 Å².